The van der Waals surface area contributed by atoms with Crippen molar-refractivity contribution in [1.29, 1.82) is 0 Å². The molecule has 1 aromatic carbocycles. The molecule has 0 bridgehead atoms. The fourth-order valence-electron chi connectivity index (χ4n) is 2.99. The molecule has 0 fully saturated rings. The number of rotatable bonds is 2. The minimum atomic E-state index is -0.457. The van der Waals surface area contributed by atoms with Crippen LogP contribution in [0.1, 0.15) is 61.0 Å². The summed E-state index contributed by atoms with van der Waals surface area (Å²) < 4.78 is 1.81. The van der Waals surface area contributed by atoms with Crippen LogP contribution in [0.25, 0.3) is 10.9 Å². The van der Waals surface area contributed by atoms with Gasteiger partial charge < -0.3 is 5.73 Å². The second-order valence-electron chi connectivity index (χ2n) is 7.15. The Bertz CT molecular complexity index is 761. The van der Waals surface area contributed by atoms with Crippen molar-refractivity contribution in [1.82, 2.24) is 4.57 Å². The summed E-state index contributed by atoms with van der Waals surface area (Å²) in [4.78, 5) is 24.2. The SMILES string of the molecule is Cc1c(C(C)(C)C)n(C(=O)C(C)C)c2ccc(C(N)=O)cc12. The molecule has 0 spiro atoms. The van der Waals surface area contributed by atoms with Gasteiger partial charge in [-0.2, -0.15) is 0 Å². The van der Waals surface area contributed by atoms with Gasteiger partial charge in [0, 0.05) is 28.0 Å². The topological polar surface area (TPSA) is 65.1 Å². The highest BCUT2D eigenvalue weighted by molar-refractivity contribution is 6.02. The van der Waals surface area contributed by atoms with Crippen molar-refractivity contribution in [2.45, 2.75) is 47.0 Å². The van der Waals surface area contributed by atoms with Crippen molar-refractivity contribution in [3.05, 3.63) is 35.0 Å². The van der Waals surface area contributed by atoms with Gasteiger partial charge in [0.2, 0.25) is 11.8 Å². The molecule has 1 amide bonds. The van der Waals surface area contributed by atoms with E-state index in [9.17, 15) is 9.59 Å². The molecule has 0 aliphatic carbocycles. The van der Waals surface area contributed by atoms with E-state index in [-0.39, 0.29) is 17.2 Å². The average Bonchev–Trinajstić information content (AvgIpc) is 2.70. The van der Waals surface area contributed by atoms with Crippen LogP contribution in [0.15, 0.2) is 18.2 Å². The number of nitrogens with two attached hydrogens (primary N) is 1. The van der Waals surface area contributed by atoms with Crippen LogP contribution >= 0.6 is 0 Å². The smallest absolute Gasteiger partial charge is 0.248 e. The first-order valence-electron chi connectivity index (χ1n) is 7.55. The zero-order chi connectivity index (χ0) is 16.8. The Morgan fingerprint density at radius 1 is 1.18 bits per heavy atom. The van der Waals surface area contributed by atoms with Crippen molar-refractivity contribution in [2.24, 2.45) is 11.7 Å². The first-order chi connectivity index (χ1) is 10.1. The predicted molar refractivity (Wildman–Crippen MR) is 89.4 cm³/mol. The molecule has 2 rings (SSSR count). The number of benzene rings is 1. The van der Waals surface area contributed by atoms with Crippen LogP contribution < -0.4 is 5.73 Å². The molecule has 1 aromatic heterocycles. The lowest BCUT2D eigenvalue weighted by atomic mass is 9.89. The van der Waals surface area contributed by atoms with Crippen LogP contribution in [0, 0.1) is 12.8 Å². The predicted octanol–water partition coefficient (Wildman–Crippen LogP) is 3.64. The van der Waals surface area contributed by atoms with E-state index in [4.69, 9.17) is 5.73 Å². The van der Waals surface area contributed by atoms with Gasteiger partial charge in [0.15, 0.2) is 0 Å². The van der Waals surface area contributed by atoms with Gasteiger partial charge in [0.1, 0.15) is 0 Å². The van der Waals surface area contributed by atoms with Crippen LogP contribution in [0.4, 0.5) is 0 Å². The number of hydrogen-bond donors (Lipinski definition) is 1. The van der Waals surface area contributed by atoms with E-state index in [0.29, 0.717) is 5.56 Å². The Balaban J connectivity index is 2.91. The normalized spacial score (nSPS) is 12.1. The zero-order valence-electron chi connectivity index (χ0n) is 14.2. The lowest BCUT2D eigenvalue weighted by molar-refractivity contribution is 0.0853. The van der Waals surface area contributed by atoms with Crippen LogP contribution in [-0.4, -0.2) is 16.4 Å². The van der Waals surface area contributed by atoms with Crippen molar-refractivity contribution < 1.29 is 9.59 Å². The molecule has 2 N–H and O–H groups in total. The number of nitrogens with zero attached hydrogens (tertiary/aromatic N) is 1. The molecule has 0 saturated carbocycles. The summed E-state index contributed by atoms with van der Waals surface area (Å²) in [5.74, 6) is -0.497. The number of carbonyl (C=O) groups is 2. The average molecular weight is 300 g/mol. The standard InChI is InChI=1S/C18H24N2O2/c1-10(2)17(22)20-14-8-7-12(16(19)21)9-13(14)11(3)15(20)18(4,5)6/h7-10H,1-6H3,(H2,19,21). The Kier molecular flexibility index (Phi) is 3.90. The monoisotopic (exact) mass is 300 g/mol. The lowest BCUT2D eigenvalue weighted by Crippen LogP contribution is -2.26. The summed E-state index contributed by atoms with van der Waals surface area (Å²) in [5.41, 5.74) is 8.52. The van der Waals surface area contributed by atoms with Crippen molar-refractivity contribution in [3.63, 3.8) is 0 Å². The van der Waals surface area contributed by atoms with E-state index in [2.05, 4.69) is 20.8 Å². The fraction of sp³-hybridized carbons (Fsp3) is 0.444. The van der Waals surface area contributed by atoms with Crippen LogP contribution in [0.5, 0.6) is 0 Å². The van der Waals surface area contributed by atoms with Gasteiger partial charge in [-0.1, -0.05) is 34.6 Å². The Labute approximate surface area is 131 Å². The van der Waals surface area contributed by atoms with Gasteiger partial charge in [-0.25, -0.2) is 0 Å². The summed E-state index contributed by atoms with van der Waals surface area (Å²) >= 11 is 0. The fourth-order valence-corrected chi connectivity index (χ4v) is 2.99. The number of primary amides is 1. The van der Waals surface area contributed by atoms with Crippen molar-refractivity contribution >= 4 is 22.7 Å². The van der Waals surface area contributed by atoms with Gasteiger partial charge in [0.05, 0.1) is 5.52 Å². The number of hydrogen-bond acceptors (Lipinski definition) is 2. The Morgan fingerprint density at radius 3 is 2.23 bits per heavy atom. The zero-order valence-corrected chi connectivity index (χ0v) is 14.2. The van der Waals surface area contributed by atoms with E-state index in [1.54, 1.807) is 16.7 Å². The van der Waals surface area contributed by atoms with Gasteiger partial charge in [0.25, 0.3) is 0 Å². The quantitative estimate of drug-likeness (QED) is 0.920. The molecule has 0 radical (unpaired) electrons. The first kappa shape index (κ1) is 16.3. The maximum Gasteiger partial charge on any atom is 0.248 e. The molecule has 4 nitrogen and oxygen atoms in total. The highest BCUT2D eigenvalue weighted by Gasteiger charge is 2.28. The van der Waals surface area contributed by atoms with Crippen molar-refractivity contribution in [2.75, 3.05) is 0 Å². The minimum absolute atomic E-state index is 0.0647. The third kappa shape index (κ3) is 2.54. The molecule has 1 heterocycles. The third-order valence-corrected chi connectivity index (χ3v) is 3.93. The Hall–Kier alpha value is -2.10. The summed E-state index contributed by atoms with van der Waals surface area (Å²) in [5, 5.41) is 0.912. The molecule has 118 valence electrons. The van der Waals surface area contributed by atoms with Crippen LogP contribution in [-0.2, 0) is 5.41 Å². The van der Waals surface area contributed by atoms with E-state index >= 15 is 0 Å². The molecular formula is C18H24N2O2. The van der Waals surface area contributed by atoms with Gasteiger partial charge in [-0.15, -0.1) is 0 Å². The molecule has 0 atom stereocenters. The second kappa shape index (κ2) is 5.27. The number of carbonyl (C=O) groups excluding carboxylic acids is 2. The summed E-state index contributed by atoms with van der Waals surface area (Å²) in [6.07, 6.45) is 0. The second-order valence-corrected chi connectivity index (χ2v) is 7.15. The van der Waals surface area contributed by atoms with Gasteiger partial charge in [-0.3, -0.25) is 14.2 Å². The minimum Gasteiger partial charge on any atom is -0.366 e. The molecular weight excluding hydrogens is 276 g/mol. The molecule has 22 heavy (non-hydrogen) atoms. The maximum atomic E-state index is 12.7. The van der Waals surface area contributed by atoms with Crippen LogP contribution in [0.3, 0.4) is 0 Å². The van der Waals surface area contributed by atoms with E-state index < -0.39 is 5.91 Å². The molecule has 4 heteroatoms. The molecule has 0 unspecified atom stereocenters. The number of amides is 1. The summed E-state index contributed by atoms with van der Waals surface area (Å²) in [6.45, 7) is 12.1. The van der Waals surface area contributed by atoms with Gasteiger partial charge >= 0.3 is 0 Å². The third-order valence-electron chi connectivity index (χ3n) is 3.93. The Morgan fingerprint density at radius 2 is 1.77 bits per heavy atom. The summed E-state index contributed by atoms with van der Waals surface area (Å²) in [6, 6.07) is 5.28. The number of aryl methyl sites for hydroxylation is 1. The van der Waals surface area contributed by atoms with E-state index in [0.717, 1.165) is 22.2 Å². The largest absolute Gasteiger partial charge is 0.366 e. The first-order valence-corrected chi connectivity index (χ1v) is 7.55. The van der Waals surface area contributed by atoms with Crippen molar-refractivity contribution in [3.8, 4) is 0 Å². The molecule has 0 aliphatic heterocycles. The number of aromatic nitrogens is 1. The number of fused-ring (bicyclic) bond motifs is 1. The van der Waals surface area contributed by atoms with E-state index in [1.807, 2.05) is 26.8 Å². The van der Waals surface area contributed by atoms with E-state index in [1.165, 1.54) is 0 Å². The lowest BCUT2D eigenvalue weighted by Gasteiger charge is -2.23. The van der Waals surface area contributed by atoms with Gasteiger partial charge in [-0.05, 0) is 30.7 Å². The molecule has 0 aliphatic rings. The molecule has 2 aromatic rings. The highest BCUT2D eigenvalue weighted by Crippen LogP contribution is 2.35. The maximum absolute atomic E-state index is 12.7. The molecule has 0 saturated heterocycles. The summed E-state index contributed by atoms with van der Waals surface area (Å²) in [7, 11) is 0. The van der Waals surface area contributed by atoms with Crippen LogP contribution in [0.2, 0.25) is 0 Å². The highest BCUT2D eigenvalue weighted by atomic mass is 16.2.